The lowest BCUT2D eigenvalue weighted by Crippen LogP contribution is -2.34. The summed E-state index contributed by atoms with van der Waals surface area (Å²) in [5, 5.41) is 5.92. The molecule has 6 nitrogen and oxygen atoms in total. The van der Waals surface area contributed by atoms with Crippen LogP contribution in [0.5, 0.6) is 0 Å². The summed E-state index contributed by atoms with van der Waals surface area (Å²) < 4.78 is 0. The molecule has 0 aromatic heterocycles. The molecule has 6 heteroatoms. The van der Waals surface area contributed by atoms with E-state index in [1.807, 2.05) is 52.8 Å². The van der Waals surface area contributed by atoms with Crippen molar-refractivity contribution in [1.29, 1.82) is 0 Å². The molecule has 0 aliphatic carbocycles. The van der Waals surface area contributed by atoms with E-state index in [4.69, 9.17) is 0 Å². The molecule has 0 bridgehead atoms. The van der Waals surface area contributed by atoms with Gasteiger partial charge in [0.1, 0.15) is 0 Å². The first-order valence-corrected chi connectivity index (χ1v) is 10.7. The number of rotatable bonds is 6. The molecule has 31 heavy (non-hydrogen) atoms. The van der Waals surface area contributed by atoms with Crippen molar-refractivity contribution in [2.45, 2.75) is 47.1 Å². The van der Waals surface area contributed by atoms with Gasteiger partial charge in [0.05, 0.1) is 12.0 Å². The predicted octanol–water partition coefficient (Wildman–Crippen LogP) is 4.13. The molecule has 3 rings (SSSR count). The third-order valence-corrected chi connectivity index (χ3v) is 5.70. The number of carbonyl (C=O) groups excluding carboxylic acids is 3. The van der Waals surface area contributed by atoms with Crippen LogP contribution in [0.3, 0.4) is 0 Å². The van der Waals surface area contributed by atoms with Crippen molar-refractivity contribution in [3.8, 4) is 0 Å². The molecular weight excluding hydrogens is 390 g/mol. The predicted molar refractivity (Wildman–Crippen MR) is 123 cm³/mol. The molecule has 2 N–H and O–H groups in total. The van der Waals surface area contributed by atoms with Gasteiger partial charge in [-0.05, 0) is 50.1 Å². The minimum Gasteiger partial charge on any atom is -0.349 e. The number of nitrogens with zero attached hydrogens (tertiary/aromatic N) is 1. The van der Waals surface area contributed by atoms with Crippen molar-refractivity contribution in [2.75, 3.05) is 16.8 Å². The zero-order valence-electron chi connectivity index (χ0n) is 18.9. The molecule has 1 aliphatic heterocycles. The second kappa shape index (κ2) is 9.33. The largest absolute Gasteiger partial charge is 0.349 e. The molecule has 164 valence electrons. The van der Waals surface area contributed by atoms with Crippen LogP contribution in [-0.4, -0.2) is 24.3 Å². The van der Waals surface area contributed by atoms with Crippen LogP contribution in [-0.2, 0) is 14.4 Å². The van der Waals surface area contributed by atoms with Crippen molar-refractivity contribution < 1.29 is 14.4 Å². The molecule has 2 aromatic carbocycles. The standard InChI is InChI=1S/C25H31N3O3/c1-15(2)24(30)27-20-7-6-8-21(13-20)28-14-19(12-23(28)29)25(31)26-18(5)22-10-9-16(3)11-17(22)4/h6-11,13,15,18-19H,12,14H2,1-5H3,(H,26,31)(H,27,30)/t18-,19-/m0/s1. The highest BCUT2D eigenvalue weighted by atomic mass is 16.2. The number of anilines is 2. The highest BCUT2D eigenvalue weighted by Gasteiger charge is 2.35. The van der Waals surface area contributed by atoms with Gasteiger partial charge in [0.15, 0.2) is 0 Å². The van der Waals surface area contributed by atoms with Crippen LogP contribution in [0.25, 0.3) is 0 Å². The number of carbonyl (C=O) groups is 3. The lowest BCUT2D eigenvalue weighted by molar-refractivity contribution is -0.126. The Morgan fingerprint density at radius 3 is 2.48 bits per heavy atom. The smallest absolute Gasteiger partial charge is 0.227 e. The number of hydrogen-bond acceptors (Lipinski definition) is 3. The van der Waals surface area contributed by atoms with Gasteiger partial charge in [-0.25, -0.2) is 0 Å². The van der Waals surface area contributed by atoms with Crippen molar-refractivity contribution >= 4 is 29.1 Å². The van der Waals surface area contributed by atoms with Gasteiger partial charge in [-0.3, -0.25) is 14.4 Å². The highest BCUT2D eigenvalue weighted by molar-refractivity contribution is 6.01. The lowest BCUT2D eigenvalue weighted by atomic mass is 9.99. The minimum atomic E-state index is -0.408. The van der Waals surface area contributed by atoms with Gasteiger partial charge in [0, 0.05) is 30.3 Å². The molecular formula is C25H31N3O3. The SMILES string of the molecule is Cc1ccc([C@H](C)NC(=O)[C@H]2CC(=O)N(c3cccc(NC(=O)C(C)C)c3)C2)c(C)c1. The van der Waals surface area contributed by atoms with E-state index in [2.05, 4.69) is 16.7 Å². The molecule has 0 radical (unpaired) electrons. The van der Waals surface area contributed by atoms with Crippen LogP contribution in [0.4, 0.5) is 11.4 Å². The van der Waals surface area contributed by atoms with Crippen LogP contribution < -0.4 is 15.5 Å². The topological polar surface area (TPSA) is 78.5 Å². The molecule has 1 heterocycles. The fraction of sp³-hybridized carbons (Fsp3) is 0.400. The summed E-state index contributed by atoms with van der Waals surface area (Å²) in [5.41, 5.74) is 4.72. The zero-order chi connectivity index (χ0) is 22.7. The van der Waals surface area contributed by atoms with Gasteiger partial charge < -0.3 is 15.5 Å². The first-order chi connectivity index (χ1) is 14.7. The van der Waals surface area contributed by atoms with E-state index in [0.29, 0.717) is 17.9 Å². The van der Waals surface area contributed by atoms with Crippen molar-refractivity contribution in [3.63, 3.8) is 0 Å². The Morgan fingerprint density at radius 2 is 1.81 bits per heavy atom. The van der Waals surface area contributed by atoms with E-state index in [1.54, 1.807) is 23.1 Å². The van der Waals surface area contributed by atoms with E-state index < -0.39 is 5.92 Å². The summed E-state index contributed by atoms with van der Waals surface area (Å²) in [6.45, 7) is 10.0. The molecule has 2 atom stereocenters. The first kappa shape index (κ1) is 22.5. The van der Waals surface area contributed by atoms with Crippen molar-refractivity contribution in [3.05, 3.63) is 59.2 Å². The quantitative estimate of drug-likeness (QED) is 0.736. The molecule has 0 spiro atoms. The molecule has 0 unspecified atom stereocenters. The molecule has 1 aliphatic rings. The zero-order valence-corrected chi connectivity index (χ0v) is 18.9. The molecule has 0 saturated carbocycles. The number of aryl methyl sites for hydroxylation is 2. The minimum absolute atomic E-state index is 0.0810. The molecule has 2 aromatic rings. The van der Waals surface area contributed by atoms with Gasteiger partial charge in [-0.2, -0.15) is 0 Å². The Bertz CT molecular complexity index is 999. The van der Waals surface area contributed by atoms with Gasteiger partial charge >= 0.3 is 0 Å². The van der Waals surface area contributed by atoms with Crippen LogP contribution >= 0.6 is 0 Å². The maximum Gasteiger partial charge on any atom is 0.227 e. The summed E-state index contributed by atoms with van der Waals surface area (Å²) in [6, 6.07) is 13.2. The van der Waals surface area contributed by atoms with Crippen LogP contribution in [0.1, 0.15) is 49.9 Å². The third kappa shape index (κ3) is 5.32. The van der Waals surface area contributed by atoms with Crippen molar-refractivity contribution in [1.82, 2.24) is 5.32 Å². The van der Waals surface area contributed by atoms with Crippen LogP contribution in [0.2, 0.25) is 0 Å². The van der Waals surface area contributed by atoms with Gasteiger partial charge in [0.25, 0.3) is 0 Å². The highest BCUT2D eigenvalue weighted by Crippen LogP contribution is 2.28. The number of amides is 3. The Balaban J connectivity index is 1.67. The number of hydrogen-bond donors (Lipinski definition) is 2. The van der Waals surface area contributed by atoms with E-state index in [-0.39, 0.29) is 36.1 Å². The maximum atomic E-state index is 12.9. The second-order valence-corrected chi connectivity index (χ2v) is 8.69. The van der Waals surface area contributed by atoms with Gasteiger partial charge in [-0.1, -0.05) is 43.7 Å². The summed E-state index contributed by atoms with van der Waals surface area (Å²) in [6.07, 6.45) is 0.175. The molecule has 1 saturated heterocycles. The first-order valence-electron chi connectivity index (χ1n) is 10.7. The van der Waals surface area contributed by atoms with E-state index in [9.17, 15) is 14.4 Å². The average molecular weight is 422 g/mol. The normalized spacial score (nSPS) is 17.0. The van der Waals surface area contributed by atoms with Gasteiger partial charge in [-0.15, -0.1) is 0 Å². The Hall–Kier alpha value is -3.15. The number of benzene rings is 2. The third-order valence-electron chi connectivity index (χ3n) is 5.70. The Kier molecular flexibility index (Phi) is 6.78. The summed E-state index contributed by atoms with van der Waals surface area (Å²) in [4.78, 5) is 39.1. The summed E-state index contributed by atoms with van der Waals surface area (Å²) in [5.74, 6) is -0.833. The Morgan fingerprint density at radius 1 is 1.06 bits per heavy atom. The van der Waals surface area contributed by atoms with E-state index >= 15 is 0 Å². The van der Waals surface area contributed by atoms with Gasteiger partial charge in [0.2, 0.25) is 17.7 Å². The van der Waals surface area contributed by atoms with Crippen LogP contribution in [0.15, 0.2) is 42.5 Å². The fourth-order valence-corrected chi connectivity index (χ4v) is 3.89. The maximum absolute atomic E-state index is 12.9. The van der Waals surface area contributed by atoms with E-state index in [1.165, 1.54) is 5.56 Å². The summed E-state index contributed by atoms with van der Waals surface area (Å²) in [7, 11) is 0. The van der Waals surface area contributed by atoms with Crippen LogP contribution in [0, 0.1) is 25.7 Å². The number of nitrogens with one attached hydrogen (secondary N) is 2. The fourth-order valence-electron chi connectivity index (χ4n) is 3.89. The van der Waals surface area contributed by atoms with Crippen molar-refractivity contribution in [2.24, 2.45) is 11.8 Å². The lowest BCUT2D eigenvalue weighted by Gasteiger charge is -2.20. The summed E-state index contributed by atoms with van der Waals surface area (Å²) >= 11 is 0. The molecule has 3 amide bonds. The average Bonchev–Trinajstić information content (AvgIpc) is 3.09. The second-order valence-electron chi connectivity index (χ2n) is 8.69. The van der Waals surface area contributed by atoms with E-state index in [0.717, 1.165) is 11.1 Å². The molecule has 1 fully saturated rings. The monoisotopic (exact) mass is 421 g/mol. The Labute approximate surface area is 184 Å².